The molecule has 1 N–H and O–H groups in total. The predicted molar refractivity (Wildman–Crippen MR) is 102 cm³/mol. The number of nitrogens with zero attached hydrogens (tertiary/aromatic N) is 2. The molecule has 0 bridgehead atoms. The Balaban J connectivity index is 1.96. The first-order valence-electron chi connectivity index (χ1n) is 8.28. The van der Waals surface area contributed by atoms with E-state index in [2.05, 4.69) is 5.16 Å². The molecule has 2 aromatic heterocycles. The van der Waals surface area contributed by atoms with E-state index in [0.29, 0.717) is 21.8 Å². The predicted octanol–water partition coefficient (Wildman–Crippen LogP) is 3.96. The number of benzene rings is 1. The first-order chi connectivity index (χ1) is 13.5. The maximum atomic E-state index is 13.4. The van der Waals surface area contributed by atoms with E-state index in [0.717, 1.165) is 12.5 Å². The molecule has 3 rings (SSSR count). The van der Waals surface area contributed by atoms with Gasteiger partial charge in [-0.15, -0.1) is 0 Å². The molecule has 0 aliphatic rings. The van der Waals surface area contributed by atoms with Crippen molar-refractivity contribution in [2.45, 2.75) is 32.8 Å². The van der Waals surface area contributed by atoms with Crippen LogP contribution in [0.4, 0.5) is 8.78 Å². The second-order valence-corrected chi connectivity index (χ2v) is 7.16. The lowest BCUT2D eigenvalue weighted by Crippen LogP contribution is -2.38. The SMILES string of the molecule is Cc1noc(C)c1COc1ccc(-n2c(=O)[nH]c(C(F)(F)Cl)c(C)c2=O)cc1Cl. The van der Waals surface area contributed by atoms with E-state index >= 15 is 0 Å². The average Bonchev–Trinajstić information content (AvgIpc) is 2.95. The van der Waals surface area contributed by atoms with E-state index in [4.69, 9.17) is 32.5 Å². The number of aryl methyl sites for hydroxylation is 2. The van der Waals surface area contributed by atoms with Gasteiger partial charge in [0.2, 0.25) is 0 Å². The zero-order valence-corrected chi connectivity index (χ0v) is 17.0. The number of nitrogens with one attached hydrogen (secondary N) is 1. The largest absolute Gasteiger partial charge is 0.487 e. The summed E-state index contributed by atoms with van der Waals surface area (Å²) >= 11 is 11.2. The fraction of sp³-hybridized carbons (Fsp3) is 0.278. The average molecular weight is 446 g/mol. The van der Waals surface area contributed by atoms with Crippen molar-refractivity contribution in [3.8, 4) is 11.4 Å². The van der Waals surface area contributed by atoms with Gasteiger partial charge < -0.3 is 14.2 Å². The van der Waals surface area contributed by atoms with Crippen molar-refractivity contribution < 1.29 is 18.0 Å². The summed E-state index contributed by atoms with van der Waals surface area (Å²) in [6.45, 7) is 4.82. The molecule has 0 fully saturated rings. The van der Waals surface area contributed by atoms with Gasteiger partial charge in [-0.3, -0.25) is 4.79 Å². The van der Waals surface area contributed by atoms with Crippen LogP contribution in [0.15, 0.2) is 32.3 Å². The zero-order chi connectivity index (χ0) is 21.5. The summed E-state index contributed by atoms with van der Waals surface area (Å²) in [5.74, 6) is 0.903. The second kappa shape index (κ2) is 7.64. The molecule has 0 aliphatic heterocycles. The Bertz CT molecular complexity index is 1180. The first kappa shape index (κ1) is 21.1. The van der Waals surface area contributed by atoms with Gasteiger partial charge >= 0.3 is 11.1 Å². The Hall–Kier alpha value is -2.65. The van der Waals surface area contributed by atoms with Gasteiger partial charge in [0.1, 0.15) is 23.8 Å². The highest BCUT2D eigenvalue weighted by atomic mass is 35.5. The van der Waals surface area contributed by atoms with Crippen molar-refractivity contribution in [3.05, 3.63) is 72.3 Å². The molecule has 29 heavy (non-hydrogen) atoms. The number of aromatic amines is 1. The van der Waals surface area contributed by atoms with Gasteiger partial charge in [-0.1, -0.05) is 16.8 Å². The lowest BCUT2D eigenvalue weighted by atomic mass is 10.2. The van der Waals surface area contributed by atoms with Crippen LogP contribution in [0.25, 0.3) is 5.69 Å². The minimum Gasteiger partial charge on any atom is -0.487 e. The minimum atomic E-state index is -3.88. The molecule has 11 heteroatoms. The molecule has 2 heterocycles. The van der Waals surface area contributed by atoms with Gasteiger partial charge in [-0.2, -0.15) is 8.78 Å². The molecule has 0 radical (unpaired) electrons. The molecule has 0 atom stereocenters. The van der Waals surface area contributed by atoms with Crippen molar-refractivity contribution in [1.82, 2.24) is 14.7 Å². The van der Waals surface area contributed by atoms with Crippen molar-refractivity contribution >= 4 is 23.2 Å². The molecule has 7 nitrogen and oxygen atoms in total. The van der Waals surface area contributed by atoms with Gasteiger partial charge in [0.05, 0.1) is 22.0 Å². The molecular weight excluding hydrogens is 431 g/mol. The van der Waals surface area contributed by atoms with Crippen molar-refractivity contribution in [3.63, 3.8) is 0 Å². The summed E-state index contributed by atoms with van der Waals surface area (Å²) in [6.07, 6.45) is 0. The van der Waals surface area contributed by atoms with E-state index in [1.54, 1.807) is 13.8 Å². The van der Waals surface area contributed by atoms with Crippen LogP contribution in [0.5, 0.6) is 5.75 Å². The maximum absolute atomic E-state index is 13.4. The van der Waals surface area contributed by atoms with Crippen LogP contribution in [-0.2, 0) is 12.0 Å². The Labute approximate surface area is 172 Å². The highest BCUT2D eigenvalue weighted by Crippen LogP contribution is 2.32. The van der Waals surface area contributed by atoms with E-state index in [1.807, 2.05) is 4.98 Å². The van der Waals surface area contributed by atoms with Crippen molar-refractivity contribution in [1.29, 1.82) is 0 Å². The number of rotatable bonds is 5. The first-order valence-corrected chi connectivity index (χ1v) is 9.04. The number of hydrogen-bond acceptors (Lipinski definition) is 5. The molecular formula is C18H15Cl2F2N3O4. The molecule has 1 aromatic carbocycles. The van der Waals surface area contributed by atoms with E-state index in [-0.39, 0.29) is 22.9 Å². The quantitative estimate of drug-likeness (QED) is 0.600. The minimum absolute atomic E-state index is 0.0819. The Morgan fingerprint density at radius 1 is 1.28 bits per heavy atom. The number of hydrogen-bond donors (Lipinski definition) is 1. The van der Waals surface area contributed by atoms with Crippen LogP contribution in [0.2, 0.25) is 5.02 Å². The molecule has 154 valence electrons. The molecule has 3 aromatic rings. The van der Waals surface area contributed by atoms with Gasteiger partial charge in [0, 0.05) is 5.56 Å². The molecule has 0 saturated carbocycles. The standard InChI is InChI=1S/C18H15Cl2F2N3O4/c1-8-15(18(20,21)22)23-17(27)25(16(8)26)11-4-5-14(13(19)6-11)28-7-12-9(2)24-29-10(12)3/h4-6H,7H2,1-3H3,(H,23,27). The van der Waals surface area contributed by atoms with Gasteiger partial charge in [-0.25, -0.2) is 9.36 Å². The van der Waals surface area contributed by atoms with E-state index in [1.165, 1.54) is 18.2 Å². The van der Waals surface area contributed by atoms with E-state index < -0.39 is 22.3 Å². The molecule has 0 amide bonds. The highest BCUT2D eigenvalue weighted by Gasteiger charge is 2.33. The summed E-state index contributed by atoms with van der Waals surface area (Å²) in [6, 6.07) is 4.18. The van der Waals surface area contributed by atoms with Crippen molar-refractivity contribution in [2.24, 2.45) is 0 Å². The van der Waals surface area contributed by atoms with Crippen molar-refractivity contribution in [2.75, 3.05) is 0 Å². The fourth-order valence-corrected chi connectivity index (χ4v) is 3.16. The van der Waals surface area contributed by atoms with E-state index in [9.17, 15) is 18.4 Å². The number of aromatic nitrogens is 3. The van der Waals surface area contributed by atoms with Crippen LogP contribution in [0, 0.1) is 20.8 Å². The monoisotopic (exact) mass is 445 g/mol. The number of alkyl halides is 3. The van der Waals surface area contributed by atoms with Crippen LogP contribution in [-0.4, -0.2) is 14.7 Å². The van der Waals surface area contributed by atoms with Gasteiger partial charge in [0.15, 0.2) is 0 Å². The zero-order valence-electron chi connectivity index (χ0n) is 15.5. The topological polar surface area (TPSA) is 90.1 Å². The smallest absolute Gasteiger partial charge is 0.363 e. The number of ether oxygens (including phenoxy) is 1. The Morgan fingerprint density at radius 2 is 1.97 bits per heavy atom. The van der Waals surface area contributed by atoms with Crippen LogP contribution >= 0.6 is 23.2 Å². The number of H-pyrrole nitrogens is 1. The highest BCUT2D eigenvalue weighted by molar-refractivity contribution is 6.32. The summed E-state index contributed by atoms with van der Waals surface area (Å²) in [7, 11) is 0. The lowest BCUT2D eigenvalue weighted by molar-refractivity contribution is 0.0883. The molecule has 0 saturated heterocycles. The maximum Gasteiger partial charge on any atom is 0.363 e. The van der Waals surface area contributed by atoms with Gasteiger partial charge in [0.25, 0.3) is 5.56 Å². The van der Waals surface area contributed by atoms with Gasteiger partial charge in [-0.05, 0) is 50.6 Å². The third-order valence-electron chi connectivity index (χ3n) is 4.34. The molecule has 0 aliphatic carbocycles. The van der Waals surface area contributed by atoms with Crippen LogP contribution in [0.3, 0.4) is 0 Å². The Kier molecular flexibility index (Phi) is 5.55. The molecule has 0 spiro atoms. The third kappa shape index (κ3) is 4.06. The summed E-state index contributed by atoms with van der Waals surface area (Å²) in [4.78, 5) is 26.7. The Morgan fingerprint density at radius 3 is 2.52 bits per heavy atom. The summed E-state index contributed by atoms with van der Waals surface area (Å²) < 4.78 is 38.2. The van der Waals surface area contributed by atoms with Crippen LogP contribution in [0.1, 0.15) is 28.3 Å². The lowest BCUT2D eigenvalue weighted by Gasteiger charge is -2.14. The fourth-order valence-electron chi connectivity index (χ4n) is 2.75. The summed E-state index contributed by atoms with van der Waals surface area (Å²) in [5, 5.41) is 0.0653. The summed E-state index contributed by atoms with van der Waals surface area (Å²) in [5.41, 5.74) is -1.82. The van der Waals surface area contributed by atoms with Crippen LogP contribution < -0.4 is 16.0 Å². The number of halogens is 4. The second-order valence-electron chi connectivity index (χ2n) is 6.27. The normalized spacial score (nSPS) is 11.7. The third-order valence-corrected chi connectivity index (χ3v) is 4.83. The molecule has 0 unspecified atom stereocenters.